The fourth-order valence-electron chi connectivity index (χ4n) is 3.23. The Hall–Kier alpha value is -1.48. The second-order valence-corrected chi connectivity index (χ2v) is 5.64. The molecule has 3 N–H and O–H groups in total. The van der Waals surface area contributed by atoms with Crippen molar-refractivity contribution < 1.29 is 4.74 Å². The first kappa shape index (κ1) is 12.5. The summed E-state index contributed by atoms with van der Waals surface area (Å²) in [6.07, 6.45) is 8.26. The summed E-state index contributed by atoms with van der Waals surface area (Å²) in [5.74, 6) is 1.54. The largest absolute Gasteiger partial charge is 0.497 e. The minimum atomic E-state index is 0.365. The molecule has 1 aliphatic carbocycles. The Morgan fingerprint density at radius 2 is 2.16 bits per heavy atom. The van der Waals surface area contributed by atoms with Gasteiger partial charge in [0.2, 0.25) is 0 Å². The van der Waals surface area contributed by atoms with Crippen LogP contribution in [-0.4, -0.2) is 18.1 Å². The van der Waals surface area contributed by atoms with Crippen molar-refractivity contribution >= 4 is 10.9 Å². The average Bonchev–Trinajstić information content (AvgIpc) is 2.84. The van der Waals surface area contributed by atoms with E-state index in [9.17, 15) is 0 Å². The number of aromatic amines is 1. The van der Waals surface area contributed by atoms with Crippen LogP contribution in [0.25, 0.3) is 10.9 Å². The van der Waals surface area contributed by atoms with Crippen LogP contribution in [0.15, 0.2) is 24.4 Å². The molecule has 3 rings (SSSR count). The molecule has 1 aliphatic rings. The zero-order chi connectivity index (χ0) is 13.2. The summed E-state index contributed by atoms with van der Waals surface area (Å²) in [6.45, 7) is 0. The van der Waals surface area contributed by atoms with Crippen LogP contribution in [0.4, 0.5) is 0 Å². The molecule has 2 unspecified atom stereocenters. The maximum absolute atomic E-state index is 6.26. The summed E-state index contributed by atoms with van der Waals surface area (Å²) in [5.41, 5.74) is 8.81. The quantitative estimate of drug-likeness (QED) is 0.888. The summed E-state index contributed by atoms with van der Waals surface area (Å²) in [4.78, 5) is 3.35. The van der Waals surface area contributed by atoms with Crippen molar-refractivity contribution in [3.63, 3.8) is 0 Å². The lowest BCUT2D eigenvalue weighted by Crippen LogP contribution is -2.34. The number of hydrogen-bond acceptors (Lipinski definition) is 2. The van der Waals surface area contributed by atoms with Gasteiger partial charge in [-0.3, -0.25) is 0 Å². The molecule has 1 aromatic carbocycles. The van der Waals surface area contributed by atoms with Gasteiger partial charge in [-0.05, 0) is 48.9 Å². The van der Waals surface area contributed by atoms with E-state index in [0.29, 0.717) is 12.0 Å². The summed E-state index contributed by atoms with van der Waals surface area (Å²) in [5, 5.41) is 1.28. The van der Waals surface area contributed by atoms with Gasteiger partial charge in [-0.1, -0.05) is 12.8 Å². The fourth-order valence-corrected chi connectivity index (χ4v) is 3.23. The molecule has 0 bridgehead atoms. The van der Waals surface area contributed by atoms with Crippen molar-refractivity contribution in [1.29, 1.82) is 0 Å². The van der Waals surface area contributed by atoms with Crippen LogP contribution >= 0.6 is 0 Å². The fraction of sp³-hybridized carbons (Fsp3) is 0.500. The first-order chi connectivity index (χ1) is 9.28. The topological polar surface area (TPSA) is 51.0 Å². The minimum Gasteiger partial charge on any atom is -0.497 e. The van der Waals surface area contributed by atoms with E-state index in [1.54, 1.807) is 7.11 Å². The Labute approximate surface area is 114 Å². The first-order valence-corrected chi connectivity index (χ1v) is 7.17. The molecule has 1 saturated carbocycles. The van der Waals surface area contributed by atoms with Crippen LogP contribution < -0.4 is 10.5 Å². The Balaban J connectivity index is 1.87. The molecule has 102 valence electrons. The van der Waals surface area contributed by atoms with Crippen molar-refractivity contribution in [2.75, 3.05) is 7.11 Å². The van der Waals surface area contributed by atoms with Crippen molar-refractivity contribution in [2.24, 2.45) is 11.7 Å². The molecular formula is C16H22N2O. The molecular weight excluding hydrogens is 236 g/mol. The van der Waals surface area contributed by atoms with E-state index >= 15 is 0 Å². The highest BCUT2D eigenvalue weighted by molar-refractivity contribution is 5.84. The number of H-pyrrole nitrogens is 1. The molecule has 19 heavy (non-hydrogen) atoms. The molecule has 0 spiro atoms. The molecule has 1 fully saturated rings. The van der Waals surface area contributed by atoms with E-state index < -0.39 is 0 Å². The normalized spacial score (nSPS) is 23.7. The molecule has 2 aromatic rings. The number of nitrogens with one attached hydrogen (secondary N) is 1. The second-order valence-electron chi connectivity index (χ2n) is 5.64. The third-order valence-electron chi connectivity index (χ3n) is 4.42. The van der Waals surface area contributed by atoms with E-state index in [4.69, 9.17) is 10.5 Å². The predicted octanol–water partition coefficient (Wildman–Crippen LogP) is 3.24. The van der Waals surface area contributed by atoms with Crippen LogP contribution in [0.1, 0.15) is 31.2 Å². The van der Waals surface area contributed by atoms with E-state index in [1.165, 1.54) is 42.1 Å². The molecule has 1 aromatic heterocycles. The number of hydrogen-bond donors (Lipinski definition) is 2. The summed E-state index contributed by atoms with van der Waals surface area (Å²) in [7, 11) is 1.71. The standard InChI is InChI=1S/C16H22N2O/c1-19-13-6-7-16-14(9-13)12(10-18-16)8-11-4-2-3-5-15(11)17/h6-7,9-11,15,18H,2-5,8,17H2,1H3. The predicted molar refractivity (Wildman–Crippen MR) is 78.5 cm³/mol. The summed E-state index contributed by atoms with van der Waals surface area (Å²) >= 11 is 0. The highest BCUT2D eigenvalue weighted by Gasteiger charge is 2.22. The third-order valence-corrected chi connectivity index (χ3v) is 4.42. The summed E-state index contributed by atoms with van der Waals surface area (Å²) < 4.78 is 5.32. The van der Waals surface area contributed by atoms with Crippen LogP contribution in [-0.2, 0) is 6.42 Å². The number of ether oxygens (including phenoxy) is 1. The third kappa shape index (κ3) is 2.47. The van der Waals surface area contributed by atoms with Gasteiger partial charge < -0.3 is 15.5 Å². The number of fused-ring (bicyclic) bond motifs is 1. The van der Waals surface area contributed by atoms with Gasteiger partial charge in [-0.25, -0.2) is 0 Å². The Bertz CT molecular complexity index is 561. The van der Waals surface area contributed by atoms with Gasteiger partial charge in [-0.15, -0.1) is 0 Å². The molecule has 3 heteroatoms. The molecule has 2 atom stereocenters. The number of benzene rings is 1. The van der Waals surface area contributed by atoms with Gasteiger partial charge >= 0.3 is 0 Å². The zero-order valence-corrected chi connectivity index (χ0v) is 11.5. The van der Waals surface area contributed by atoms with Gasteiger partial charge in [0.15, 0.2) is 0 Å². The van der Waals surface area contributed by atoms with Gasteiger partial charge in [0, 0.05) is 23.1 Å². The molecule has 0 saturated heterocycles. The first-order valence-electron chi connectivity index (χ1n) is 7.17. The van der Waals surface area contributed by atoms with Crippen molar-refractivity contribution in [2.45, 2.75) is 38.1 Å². The molecule has 3 nitrogen and oxygen atoms in total. The lowest BCUT2D eigenvalue weighted by molar-refractivity contribution is 0.307. The number of rotatable bonds is 3. The number of aromatic nitrogens is 1. The van der Waals surface area contributed by atoms with Gasteiger partial charge in [0.05, 0.1) is 7.11 Å². The van der Waals surface area contributed by atoms with Crippen LogP contribution in [0.5, 0.6) is 5.75 Å². The smallest absolute Gasteiger partial charge is 0.119 e. The highest BCUT2D eigenvalue weighted by Crippen LogP contribution is 2.30. The van der Waals surface area contributed by atoms with Crippen molar-refractivity contribution in [3.05, 3.63) is 30.0 Å². The molecule has 1 heterocycles. The lowest BCUT2D eigenvalue weighted by atomic mass is 9.81. The van der Waals surface area contributed by atoms with E-state index in [2.05, 4.69) is 23.3 Å². The molecule has 0 radical (unpaired) electrons. The van der Waals surface area contributed by atoms with Crippen molar-refractivity contribution in [1.82, 2.24) is 4.98 Å². The van der Waals surface area contributed by atoms with Gasteiger partial charge in [-0.2, -0.15) is 0 Å². The number of nitrogens with two attached hydrogens (primary N) is 1. The second kappa shape index (κ2) is 5.25. The monoisotopic (exact) mass is 258 g/mol. The Kier molecular flexibility index (Phi) is 3.47. The zero-order valence-electron chi connectivity index (χ0n) is 11.5. The lowest BCUT2D eigenvalue weighted by Gasteiger charge is -2.28. The van der Waals surface area contributed by atoms with Crippen LogP contribution in [0.2, 0.25) is 0 Å². The Morgan fingerprint density at radius 1 is 1.32 bits per heavy atom. The highest BCUT2D eigenvalue weighted by atomic mass is 16.5. The molecule has 0 amide bonds. The minimum absolute atomic E-state index is 0.365. The van der Waals surface area contributed by atoms with Gasteiger partial charge in [0.1, 0.15) is 5.75 Å². The van der Waals surface area contributed by atoms with Crippen LogP contribution in [0, 0.1) is 5.92 Å². The Morgan fingerprint density at radius 3 is 2.95 bits per heavy atom. The average molecular weight is 258 g/mol. The van der Waals surface area contributed by atoms with Crippen LogP contribution in [0.3, 0.4) is 0 Å². The van der Waals surface area contributed by atoms with E-state index in [1.807, 2.05) is 6.07 Å². The van der Waals surface area contributed by atoms with Crippen molar-refractivity contribution in [3.8, 4) is 5.75 Å². The van der Waals surface area contributed by atoms with E-state index in [-0.39, 0.29) is 0 Å². The maximum atomic E-state index is 6.26. The maximum Gasteiger partial charge on any atom is 0.119 e. The van der Waals surface area contributed by atoms with E-state index in [0.717, 1.165) is 12.2 Å². The van der Waals surface area contributed by atoms with Gasteiger partial charge in [0.25, 0.3) is 0 Å². The molecule has 0 aliphatic heterocycles. The SMILES string of the molecule is COc1ccc2[nH]cc(CC3CCCCC3N)c2c1. The number of methoxy groups -OCH3 is 1. The summed E-state index contributed by atoms with van der Waals surface area (Å²) in [6, 6.07) is 6.56.